The Kier molecular flexibility index (Phi) is 5.21. The molecule has 2 N–H and O–H groups in total. The molecule has 0 aliphatic heterocycles. The molecule has 1 atom stereocenters. The Labute approximate surface area is 116 Å². The Bertz CT molecular complexity index is 547. The minimum Gasteiger partial charge on any atom is -0.330 e. The molecule has 20 heavy (non-hydrogen) atoms. The summed E-state index contributed by atoms with van der Waals surface area (Å²) in [5.41, 5.74) is 7.28. The number of rotatable bonds is 5. The summed E-state index contributed by atoms with van der Waals surface area (Å²) >= 11 is 0. The summed E-state index contributed by atoms with van der Waals surface area (Å²) in [6.45, 7) is 2.89. The zero-order chi connectivity index (χ0) is 15.6. The van der Waals surface area contributed by atoms with E-state index in [4.69, 9.17) is 5.73 Å². The lowest BCUT2D eigenvalue weighted by Gasteiger charge is -2.18. The van der Waals surface area contributed by atoms with Gasteiger partial charge in [0.2, 0.25) is 0 Å². The number of sulfone groups is 1. The molecular formula is C13H18F3NO2S. The first-order chi connectivity index (χ1) is 9.03. The highest BCUT2D eigenvalue weighted by Gasteiger charge is 2.41. The molecule has 0 aliphatic rings. The van der Waals surface area contributed by atoms with Crippen LogP contribution < -0.4 is 5.73 Å². The van der Waals surface area contributed by atoms with Gasteiger partial charge in [0.1, 0.15) is 0 Å². The van der Waals surface area contributed by atoms with Crippen molar-refractivity contribution in [3.05, 3.63) is 34.9 Å². The Morgan fingerprint density at radius 3 is 2.05 bits per heavy atom. The lowest BCUT2D eigenvalue weighted by molar-refractivity contribution is -0.165. The molecular weight excluding hydrogens is 291 g/mol. The van der Waals surface area contributed by atoms with Gasteiger partial charge in [-0.3, -0.25) is 0 Å². The number of hydrogen-bond donors (Lipinski definition) is 1. The van der Waals surface area contributed by atoms with Gasteiger partial charge in [-0.1, -0.05) is 29.3 Å². The van der Waals surface area contributed by atoms with Crippen LogP contribution in [0, 0.1) is 19.8 Å². The molecule has 1 rings (SSSR count). The number of benzene rings is 1. The van der Waals surface area contributed by atoms with Crippen LogP contribution >= 0.6 is 0 Å². The van der Waals surface area contributed by atoms with Gasteiger partial charge >= 0.3 is 6.18 Å². The summed E-state index contributed by atoms with van der Waals surface area (Å²) in [6.07, 6.45) is -4.59. The zero-order valence-corrected chi connectivity index (χ0v) is 12.2. The van der Waals surface area contributed by atoms with E-state index in [0.717, 1.165) is 11.1 Å². The van der Waals surface area contributed by atoms with Gasteiger partial charge in [-0.05, 0) is 19.4 Å². The van der Waals surface area contributed by atoms with Crippen LogP contribution in [0.5, 0.6) is 0 Å². The van der Waals surface area contributed by atoms with Gasteiger partial charge in [0.15, 0.2) is 9.84 Å². The maximum Gasteiger partial charge on any atom is 0.393 e. The maximum absolute atomic E-state index is 12.6. The van der Waals surface area contributed by atoms with E-state index in [-0.39, 0.29) is 0 Å². The molecule has 1 aromatic carbocycles. The van der Waals surface area contributed by atoms with E-state index in [1.807, 2.05) is 19.9 Å². The first-order valence-corrected chi connectivity index (χ1v) is 7.90. The summed E-state index contributed by atoms with van der Waals surface area (Å²) < 4.78 is 61.5. The van der Waals surface area contributed by atoms with Crippen molar-refractivity contribution in [3.8, 4) is 0 Å². The van der Waals surface area contributed by atoms with Crippen molar-refractivity contribution in [1.29, 1.82) is 0 Å². The molecule has 1 unspecified atom stereocenters. The van der Waals surface area contributed by atoms with E-state index in [1.165, 1.54) is 0 Å². The zero-order valence-electron chi connectivity index (χ0n) is 11.4. The monoisotopic (exact) mass is 309 g/mol. The molecule has 114 valence electrons. The summed E-state index contributed by atoms with van der Waals surface area (Å²) in [7, 11) is -3.86. The number of hydrogen-bond acceptors (Lipinski definition) is 3. The Hall–Kier alpha value is -1.08. The Morgan fingerprint density at radius 1 is 1.15 bits per heavy atom. The molecule has 1 aromatic rings. The van der Waals surface area contributed by atoms with Gasteiger partial charge in [-0.2, -0.15) is 13.2 Å². The fourth-order valence-corrected chi connectivity index (χ4v) is 3.80. The molecule has 0 bridgehead atoms. The number of aryl methyl sites for hydroxylation is 2. The molecule has 0 spiro atoms. The van der Waals surface area contributed by atoms with E-state index in [1.54, 1.807) is 12.1 Å². The highest BCUT2D eigenvalue weighted by molar-refractivity contribution is 7.90. The van der Waals surface area contributed by atoms with Crippen LogP contribution in [0.3, 0.4) is 0 Å². The predicted molar refractivity (Wildman–Crippen MR) is 72.0 cm³/mol. The van der Waals surface area contributed by atoms with Gasteiger partial charge in [-0.15, -0.1) is 0 Å². The third kappa shape index (κ3) is 5.13. The SMILES string of the molecule is Cc1cc(C)cc(CS(=O)(=O)CC(CN)C(F)(F)F)c1. The van der Waals surface area contributed by atoms with Crippen molar-refractivity contribution in [3.63, 3.8) is 0 Å². The molecule has 3 nitrogen and oxygen atoms in total. The number of nitrogens with two attached hydrogens (primary N) is 1. The molecule has 0 saturated heterocycles. The van der Waals surface area contributed by atoms with Crippen LogP contribution in [0.15, 0.2) is 18.2 Å². The molecule has 0 amide bonds. The van der Waals surface area contributed by atoms with Crippen LogP contribution in [0.2, 0.25) is 0 Å². The van der Waals surface area contributed by atoms with Crippen molar-refractivity contribution in [2.75, 3.05) is 12.3 Å². The summed E-state index contributed by atoms with van der Waals surface area (Å²) in [6, 6.07) is 5.19. The van der Waals surface area contributed by atoms with E-state index in [2.05, 4.69) is 0 Å². The van der Waals surface area contributed by atoms with Gasteiger partial charge in [0, 0.05) is 6.54 Å². The highest BCUT2D eigenvalue weighted by atomic mass is 32.2. The molecule has 0 saturated carbocycles. The second-order valence-corrected chi connectivity index (χ2v) is 7.13. The lowest BCUT2D eigenvalue weighted by atomic mass is 10.1. The van der Waals surface area contributed by atoms with Gasteiger partial charge in [0.05, 0.1) is 17.4 Å². The van der Waals surface area contributed by atoms with Gasteiger partial charge in [0.25, 0.3) is 0 Å². The Morgan fingerprint density at radius 2 is 1.65 bits per heavy atom. The molecule has 0 aliphatic carbocycles. The van der Waals surface area contributed by atoms with Crippen LogP contribution in [-0.2, 0) is 15.6 Å². The van der Waals surface area contributed by atoms with Crippen LogP contribution in [0.4, 0.5) is 13.2 Å². The first-order valence-electron chi connectivity index (χ1n) is 6.08. The van der Waals surface area contributed by atoms with Gasteiger partial charge in [-0.25, -0.2) is 8.42 Å². The average molecular weight is 309 g/mol. The fraction of sp³-hybridized carbons (Fsp3) is 0.538. The van der Waals surface area contributed by atoms with E-state index >= 15 is 0 Å². The van der Waals surface area contributed by atoms with Crippen molar-refractivity contribution in [2.45, 2.75) is 25.8 Å². The lowest BCUT2D eigenvalue weighted by Crippen LogP contribution is -2.36. The number of halogens is 3. The van der Waals surface area contributed by atoms with Crippen LogP contribution in [0.1, 0.15) is 16.7 Å². The first kappa shape index (κ1) is 17.0. The van der Waals surface area contributed by atoms with E-state index in [0.29, 0.717) is 5.56 Å². The predicted octanol–water partition coefficient (Wildman–Crippen LogP) is 2.36. The average Bonchev–Trinajstić information content (AvgIpc) is 2.22. The van der Waals surface area contributed by atoms with Crippen molar-refractivity contribution < 1.29 is 21.6 Å². The van der Waals surface area contributed by atoms with E-state index in [9.17, 15) is 21.6 Å². The molecule has 0 radical (unpaired) electrons. The topological polar surface area (TPSA) is 60.2 Å². The molecule has 0 fully saturated rings. The van der Waals surface area contributed by atoms with Crippen LogP contribution in [0.25, 0.3) is 0 Å². The molecule has 0 heterocycles. The van der Waals surface area contributed by atoms with Crippen molar-refractivity contribution in [2.24, 2.45) is 11.7 Å². The van der Waals surface area contributed by atoms with Crippen molar-refractivity contribution >= 4 is 9.84 Å². The molecule has 7 heteroatoms. The Balaban J connectivity index is 2.89. The molecule has 0 aromatic heterocycles. The third-order valence-electron chi connectivity index (χ3n) is 2.87. The van der Waals surface area contributed by atoms with Crippen molar-refractivity contribution in [1.82, 2.24) is 0 Å². The second kappa shape index (κ2) is 6.13. The summed E-state index contributed by atoms with van der Waals surface area (Å²) in [4.78, 5) is 0. The van der Waals surface area contributed by atoms with E-state index < -0.39 is 40.0 Å². The fourth-order valence-electron chi connectivity index (χ4n) is 2.07. The third-order valence-corrected chi connectivity index (χ3v) is 4.55. The quantitative estimate of drug-likeness (QED) is 0.908. The minimum absolute atomic E-state index is 0.401. The largest absolute Gasteiger partial charge is 0.393 e. The smallest absolute Gasteiger partial charge is 0.330 e. The standard InChI is InChI=1S/C13H18F3NO2S/c1-9-3-10(2)5-11(4-9)7-20(18,19)8-12(6-17)13(14,15)16/h3-5,12H,6-8,17H2,1-2H3. The normalized spacial score (nSPS) is 14.3. The maximum atomic E-state index is 12.6. The van der Waals surface area contributed by atoms with Gasteiger partial charge < -0.3 is 5.73 Å². The minimum atomic E-state index is -4.59. The summed E-state index contributed by atoms with van der Waals surface area (Å²) in [5, 5.41) is 0. The summed E-state index contributed by atoms with van der Waals surface area (Å²) in [5.74, 6) is -3.39. The number of alkyl halides is 3. The highest BCUT2D eigenvalue weighted by Crippen LogP contribution is 2.27. The second-order valence-electron chi connectivity index (χ2n) is 5.02. The van der Waals surface area contributed by atoms with Crippen LogP contribution in [-0.4, -0.2) is 26.9 Å².